The van der Waals surface area contributed by atoms with Crippen LogP contribution >= 0.6 is 0 Å². The Morgan fingerprint density at radius 1 is 1.20 bits per heavy atom. The molecule has 2 aromatic heterocycles. The molecule has 78 valence electrons. The average molecular weight is 204 g/mol. The van der Waals surface area contributed by atoms with E-state index in [9.17, 15) is 0 Å². The zero-order valence-electron chi connectivity index (χ0n) is 8.33. The van der Waals surface area contributed by atoms with Crippen LogP contribution in [0.3, 0.4) is 0 Å². The molecule has 0 aliphatic carbocycles. The molecule has 2 aromatic rings. The zero-order valence-corrected chi connectivity index (χ0v) is 8.33. The minimum Gasteiger partial charge on any atom is -0.378 e. The molecular weight excluding hydrogens is 192 g/mol. The Bertz CT molecular complexity index is 461. The third-order valence-electron chi connectivity index (χ3n) is 2.61. The summed E-state index contributed by atoms with van der Waals surface area (Å²) in [6.45, 7) is 3.35. The lowest BCUT2D eigenvalue weighted by molar-refractivity contribution is 0.122. The number of morpholine rings is 1. The van der Waals surface area contributed by atoms with Crippen molar-refractivity contribution in [2.24, 2.45) is 0 Å². The van der Waals surface area contributed by atoms with Crippen LogP contribution in [0.2, 0.25) is 0 Å². The van der Waals surface area contributed by atoms with Crippen LogP contribution < -0.4 is 4.90 Å². The Hall–Kier alpha value is -1.62. The van der Waals surface area contributed by atoms with Crippen LogP contribution in [-0.4, -0.2) is 40.9 Å². The summed E-state index contributed by atoms with van der Waals surface area (Å²) in [5, 5.41) is 4.19. The van der Waals surface area contributed by atoms with Crippen LogP contribution in [0.1, 0.15) is 0 Å². The number of ether oxygens (including phenoxy) is 1. The summed E-state index contributed by atoms with van der Waals surface area (Å²) in [6.07, 6.45) is 5.44. The fourth-order valence-electron chi connectivity index (χ4n) is 1.86. The predicted octanol–water partition coefficient (Wildman–Crippen LogP) is 0.566. The highest BCUT2D eigenvalue weighted by molar-refractivity contribution is 5.68. The van der Waals surface area contributed by atoms with Gasteiger partial charge in [0.15, 0.2) is 5.82 Å². The van der Waals surface area contributed by atoms with E-state index in [0.717, 1.165) is 37.6 Å². The summed E-state index contributed by atoms with van der Waals surface area (Å²) in [4.78, 5) is 6.65. The molecular formula is C10H12N4O. The Balaban J connectivity index is 2.05. The van der Waals surface area contributed by atoms with Gasteiger partial charge < -0.3 is 9.64 Å². The maximum Gasteiger partial charge on any atom is 0.154 e. The van der Waals surface area contributed by atoms with Gasteiger partial charge in [-0.2, -0.15) is 5.10 Å². The van der Waals surface area contributed by atoms with E-state index in [1.54, 1.807) is 12.4 Å². The average Bonchev–Trinajstić information content (AvgIpc) is 2.78. The molecule has 1 saturated heterocycles. The molecule has 0 saturated carbocycles. The highest BCUT2D eigenvalue weighted by atomic mass is 16.5. The van der Waals surface area contributed by atoms with Crippen LogP contribution in [0.4, 0.5) is 5.82 Å². The molecule has 1 aliphatic rings. The van der Waals surface area contributed by atoms with Gasteiger partial charge in [0.1, 0.15) is 5.52 Å². The highest BCUT2D eigenvalue weighted by Gasteiger charge is 2.15. The van der Waals surface area contributed by atoms with E-state index in [0.29, 0.717) is 0 Å². The smallest absolute Gasteiger partial charge is 0.154 e. The summed E-state index contributed by atoms with van der Waals surface area (Å²) in [5.41, 5.74) is 1.06. The second-order valence-corrected chi connectivity index (χ2v) is 3.51. The first-order valence-electron chi connectivity index (χ1n) is 5.06. The first-order valence-corrected chi connectivity index (χ1v) is 5.06. The van der Waals surface area contributed by atoms with Gasteiger partial charge in [0.2, 0.25) is 0 Å². The Morgan fingerprint density at radius 3 is 2.93 bits per heavy atom. The minimum atomic E-state index is 0.775. The van der Waals surface area contributed by atoms with E-state index in [1.807, 2.05) is 16.8 Å². The van der Waals surface area contributed by atoms with Gasteiger partial charge in [-0.15, -0.1) is 0 Å². The second kappa shape index (κ2) is 3.51. The van der Waals surface area contributed by atoms with Gasteiger partial charge in [-0.3, -0.25) is 0 Å². The van der Waals surface area contributed by atoms with Crippen LogP contribution in [-0.2, 0) is 4.74 Å². The highest BCUT2D eigenvalue weighted by Crippen LogP contribution is 2.18. The van der Waals surface area contributed by atoms with Gasteiger partial charge in [-0.25, -0.2) is 9.50 Å². The van der Waals surface area contributed by atoms with Crippen LogP contribution in [0, 0.1) is 0 Å². The maximum absolute atomic E-state index is 5.32. The van der Waals surface area contributed by atoms with Crippen molar-refractivity contribution >= 4 is 11.3 Å². The molecule has 0 unspecified atom stereocenters. The SMILES string of the molecule is c1cn2nccc2c(N2CCOCC2)n1. The lowest BCUT2D eigenvalue weighted by Crippen LogP contribution is -2.37. The molecule has 0 amide bonds. The van der Waals surface area contributed by atoms with Gasteiger partial charge in [0, 0.05) is 25.5 Å². The quantitative estimate of drug-likeness (QED) is 0.681. The van der Waals surface area contributed by atoms with E-state index in [4.69, 9.17) is 4.74 Å². The van der Waals surface area contributed by atoms with Crippen molar-refractivity contribution in [3.8, 4) is 0 Å². The molecule has 1 aliphatic heterocycles. The van der Waals surface area contributed by atoms with Gasteiger partial charge >= 0.3 is 0 Å². The number of anilines is 1. The number of nitrogens with zero attached hydrogens (tertiary/aromatic N) is 4. The normalized spacial score (nSPS) is 17.2. The number of aromatic nitrogens is 3. The van der Waals surface area contributed by atoms with Crippen LogP contribution in [0.15, 0.2) is 24.7 Å². The first-order chi connectivity index (χ1) is 7.45. The number of hydrogen-bond donors (Lipinski definition) is 0. The number of rotatable bonds is 1. The van der Waals surface area contributed by atoms with Gasteiger partial charge in [0.05, 0.1) is 19.4 Å². The van der Waals surface area contributed by atoms with E-state index in [-0.39, 0.29) is 0 Å². The molecule has 1 fully saturated rings. The molecule has 0 atom stereocenters. The fourth-order valence-corrected chi connectivity index (χ4v) is 1.86. The number of hydrogen-bond acceptors (Lipinski definition) is 4. The molecule has 0 bridgehead atoms. The van der Waals surface area contributed by atoms with Crippen molar-refractivity contribution < 1.29 is 4.74 Å². The van der Waals surface area contributed by atoms with Crippen molar-refractivity contribution in [1.82, 2.24) is 14.6 Å². The van der Waals surface area contributed by atoms with Crippen molar-refractivity contribution in [2.45, 2.75) is 0 Å². The Kier molecular flexibility index (Phi) is 2.03. The fraction of sp³-hybridized carbons (Fsp3) is 0.400. The van der Waals surface area contributed by atoms with Crippen LogP contribution in [0.5, 0.6) is 0 Å². The van der Waals surface area contributed by atoms with Crippen molar-refractivity contribution in [3.63, 3.8) is 0 Å². The van der Waals surface area contributed by atoms with E-state index < -0.39 is 0 Å². The molecule has 5 heteroatoms. The molecule has 15 heavy (non-hydrogen) atoms. The molecule has 0 radical (unpaired) electrons. The Labute approximate surface area is 87.3 Å². The van der Waals surface area contributed by atoms with Crippen molar-refractivity contribution in [3.05, 3.63) is 24.7 Å². The van der Waals surface area contributed by atoms with Gasteiger partial charge in [0.25, 0.3) is 0 Å². The third-order valence-corrected chi connectivity index (χ3v) is 2.61. The largest absolute Gasteiger partial charge is 0.378 e. The summed E-state index contributed by atoms with van der Waals surface area (Å²) in [7, 11) is 0. The molecule has 3 rings (SSSR count). The summed E-state index contributed by atoms with van der Waals surface area (Å²) in [6, 6.07) is 1.98. The first kappa shape index (κ1) is 8.67. The van der Waals surface area contributed by atoms with Crippen molar-refractivity contribution in [1.29, 1.82) is 0 Å². The topological polar surface area (TPSA) is 42.7 Å². The lowest BCUT2D eigenvalue weighted by Gasteiger charge is -2.27. The second-order valence-electron chi connectivity index (χ2n) is 3.51. The van der Waals surface area contributed by atoms with E-state index in [1.165, 1.54) is 0 Å². The minimum absolute atomic E-state index is 0.775. The lowest BCUT2D eigenvalue weighted by atomic mass is 10.3. The van der Waals surface area contributed by atoms with Gasteiger partial charge in [-0.05, 0) is 6.07 Å². The zero-order chi connectivity index (χ0) is 10.1. The monoisotopic (exact) mass is 204 g/mol. The van der Waals surface area contributed by atoms with Crippen molar-refractivity contribution in [2.75, 3.05) is 31.2 Å². The standard InChI is InChI=1S/C10H12N4O/c1-2-12-14-4-3-11-10(9(1)14)13-5-7-15-8-6-13/h1-4H,5-8H2. The summed E-state index contributed by atoms with van der Waals surface area (Å²) < 4.78 is 7.17. The third kappa shape index (κ3) is 1.45. The Morgan fingerprint density at radius 2 is 2.07 bits per heavy atom. The molecule has 0 spiro atoms. The number of fused-ring (bicyclic) bond motifs is 1. The van der Waals surface area contributed by atoms with E-state index in [2.05, 4.69) is 15.0 Å². The predicted molar refractivity (Wildman–Crippen MR) is 56.0 cm³/mol. The summed E-state index contributed by atoms with van der Waals surface area (Å²) in [5.74, 6) is 0.998. The van der Waals surface area contributed by atoms with E-state index >= 15 is 0 Å². The molecule has 3 heterocycles. The summed E-state index contributed by atoms with van der Waals surface area (Å²) >= 11 is 0. The van der Waals surface area contributed by atoms with Crippen LogP contribution in [0.25, 0.3) is 5.52 Å². The molecule has 5 nitrogen and oxygen atoms in total. The molecule has 0 N–H and O–H groups in total. The van der Waals surface area contributed by atoms with Gasteiger partial charge in [-0.1, -0.05) is 0 Å². The molecule has 0 aromatic carbocycles. The maximum atomic E-state index is 5.32.